The number of rotatable bonds is 8. The highest BCUT2D eigenvalue weighted by atomic mass is 16.5. The van der Waals surface area contributed by atoms with Crippen LogP contribution in [0.25, 0.3) is 0 Å². The summed E-state index contributed by atoms with van der Waals surface area (Å²) in [5, 5.41) is 8.81. The van der Waals surface area contributed by atoms with Crippen LogP contribution in [-0.4, -0.2) is 85.6 Å². The molecule has 4 amide bonds. The molecular formula is C26H34N8O4. The summed E-state index contributed by atoms with van der Waals surface area (Å²) in [5.41, 5.74) is 1.76. The molecule has 0 unspecified atom stereocenters. The molecule has 38 heavy (non-hydrogen) atoms. The number of urea groups is 1. The van der Waals surface area contributed by atoms with E-state index in [0.29, 0.717) is 73.8 Å². The third-order valence-corrected chi connectivity index (χ3v) is 7.41. The molecule has 0 bridgehead atoms. The number of nitrogens with one attached hydrogen (secondary N) is 3. The molecule has 0 radical (unpaired) electrons. The first kappa shape index (κ1) is 25.6. The van der Waals surface area contributed by atoms with Crippen LogP contribution in [0.4, 0.5) is 27.9 Å². The van der Waals surface area contributed by atoms with Gasteiger partial charge in [0.2, 0.25) is 11.9 Å². The summed E-state index contributed by atoms with van der Waals surface area (Å²) in [6.45, 7) is 2.69. The van der Waals surface area contributed by atoms with E-state index in [1.54, 1.807) is 41.2 Å². The fraction of sp³-hybridized carbons (Fsp3) is 0.500. The second kappa shape index (κ2) is 11.1. The van der Waals surface area contributed by atoms with Gasteiger partial charge in [-0.25, -0.2) is 9.78 Å². The van der Waals surface area contributed by atoms with Crippen molar-refractivity contribution in [2.75, 3.05) is 62.0 Å². The normalized spacial score (nSPS) is 17.8. The summed E-state index contributed by atoms with van der Waals surface area (Å²) in [5.74, 6) is 1.40. The van der Waals surface area contributed by atoms with Crippen LogP contribution in [0, 0.1) is 0 Å². The van der Waals surface area contributed by atoms with E-state index in [1.165, 1.54) is 20.0 Å². The number of amides is 4. The number of methoxy groups -OCH3 is 1. The molecule has 2 aliphatic heterocycles. The van der Waals surface area contributed by atoms with Gasteiger partial charge in [0.25, 0.3) is 5.91 Å². The van der Waals surface area contributed by atoms with E-state index in [0.717, 1.165) is 18.7 Å². The standard InChI is InChI=1S/C26H34N8O4/c1-32-20-16-29-25(31-23(20)34(12-9-22(32)35)18-5-3-4-6-18)30-19-8-7-17(15-21(19)38-2)24(36)27-10-13-33-14-11-28-26(33)37/h7-8,15-16,18H,3-6,9-14H2,1-2H3,(H,27,36)(H,28,37)(H,29,30,31). The molecule has 0 spiro atoms. The van der Waals surface area contributed by atoms with E-state index in [9.17, 15) is 14.4 Å². The van der Waals surface area contributed by atoms with Gasteiger partial charge in [-0.05, 0) is 31.0 Å². The van der Waals surface area contributed by atoms with Crippen LogP contribution in [0.1, 0.15) is 42.5 Å². The molecule has 0 atom stereocenters. The Labute approximate surface area is 221 Å². The third kappa shape index (κ3) is 5.29. The van der Waals surface area contributed by atoms with Crippen molar-refractivity contribution in [3.8, 4) is 5.75 Å². The van der Waals surface area contributed by atoms with Gasteiger partial charge in [0.15, 0.2) is 5.82 Å². The van der Waals surface area contributed by atoms with Gasteiger partial charge in [0.05, 0.1) is 19.0 Å². The van der Waals surface area contributed by atoms with Gasteiger partial charge in [-0.15, -0.1) is 0 Å². The fourth-order valence-corrected chi connectivity index (χ4v) is 5.26. The minimum absolute atomic E-state index is 0.0512. The highest BCUT2D eigenvalue weighted by Crippen LogP contribution is 2.37. The van der Waals surface area contributed by atoms with E-state index < -0.39 is 0 Å². The SMILES string of the molecule is COc1cc(C(=O)NCCN2CCNC2=O)ccc1Nc1ncc2c(n1)N(C1CCCC1)CCC(=O)N2C. The van der Waals surface area contributed by atoms with Crippen LogP contribution >= 0.6 is 0 Å². The zero-order valence-corrected chi connectivity index (χ0v) is 21.8. The van der Waals surface area contributed by atoms with E-state index in [2.05, 4.69) is 25.8 Å². The lowest BCUT2D eigenvalue weighted by Crippen LogP contribution is -2.36. The summed E-state index contributed by atoms with van der Waals surface area (Å²) >= 11 is 0. The lowest BCUT2D eigenvalue weighted by Gasteiger charge is -2.30. The molecule has 12 heteroatoms. The number of carbonyl (C=O) groups excluding carboxylic acids is 3. The summed E-state index contributed by atoms with van der Waals surface area (Å²) < 4.78 is 5.55. The van der Waals surface area contributed by atoms with Gasteiger partial charge in [-0.3, -0.25) is 9.59 Å². The largest absolute Gasteiger partial charge is 0.495 e. The molecule has 12 nitrogen and oxygen atoms in total. The van der Waals surface area contributed by atoms with Crippen LogP contribution in [0.15, 0.2) is 24.4 Å². The van der Waals surface area contributed by atoms with Gasteiger partial charge < -0.3 is 35.4 Å². The van der Waals surface area contributed by atoms with Gasteiger partial charge in [0.1, 0.15) is 11.4 Å². The molecule has 3 N–H and O–H groups in total. The smallest absolute Gasteiger partial charge is 0.317 e. The molecule has 2 fully saturated rings. The van der Waals surface area contributed by atoms with Crippen molar-refractivity contribution in [2.45, 2.75) is 38.1 Å². The molecule has 1 aliphatic carbocycles. The fourth-order valence-electron chi connectivity index (χ4n) is 5.26. The average Bonchev–Trinajstić information content (AvgIpc) is 3.58. The number of hydrogen-bond donors (Lipinski definition) is 3. The van der Waals surface area contributed by atoms with Crippen molar-refractivity contribution in [2.24, 2.45) is 0 Å². The molecule has 3 heterocycles. The van der Waals surface area contributed by atoms with E-state index in [4.69, 9.17) is 9.72 Å². The van der Waals surface area contributed by atoms with Crippen LogP contribution in [-0.2, 0) is 4.79 Å². The van der Waals surface area contributed by atoms with Crippen LogP contribution in [0.3, 0.4) is 0 Å². The maximum absolute atomic E-state index is 12.7. The lowest BCUT2D eigenvalue weighted by atomic mass is 10.1. The van der Waals surface area contributed by atoms with E-state index >= 15 is 0 Å². The Bertz CT molecular complexity index is 1220. The Morgan fingerprint density at radius 1 is 1.21 bits per heavy atom. The van der Waals surface area contributed by atoms with Crippen molar-refractivity contribution < 1.29 is 19.1 Å². The highest BCUT2D eigenvalue weighted by Gasteiger charge is 2.31. The highest BCUT2D eigenvalue weighted by molar-refractivity contribution is 5.97. The number of nitrogens with zero attached hydrogens (tertiary/aromatic N) is 5. The first-order chi connectivity index (χ1) is 18.4. The molecular weight excluding hydrogens is 488 g/mol. The quantitative estimate of drug-likeness (QED) is 0.480. The number of benzene rings is 1. The number of aromatic nitrogens is 2. The predicted molar refractivity (Wildman–Crippen MR) is 143 cm³/mol. The van der Waals surface area contributed by atoms with Gasteiger partial charge in [-0.2, -0.15) is 4.98 Å². The average molecular weight is 523 g/mol. The maximum Gasteiger partial charge on any atom is 0.317 e. The predicted octanol–water partition coefficient (Wildman–Crippen LogP) is 2.10. The van der Waals surface area contributed by atoms with Gasteiger partial charge >= 0.3 is 6.03 Å². The van der Waals surface area contributed by atoms with Crippen molar-refractivity contribution >= 4 is 41.0 Å². The summed E-state index contributed by atoms with van der Waals surface area (Å²) in [4.78, 5) is 51.8. The Morgan fingerprint density at radius 2 is 2.03 bits per heavy atom. The Kier molecular flexibility index (Phi) is 7.47. The molecule has 1 saturated carbocycles. The molecule has 3 aliphatic rings. The Morgan fingerprint density at radius 3 is 2.76 bits per heavy atom. The Hall–Kier alpha value is -4.09. The zero-order chi connectivity index (χ0) is 26.6. The van der Waals surface area contributed by atoms with Gasteiger partial charge in [0, 0.05) is 57.8 Å². The molecule has 1 aromatic heterocycles. The van der Waals surface area contributed by atoms with Gasteiger partial charge in [-0.1, -0.05) is 12.8 Å². The van der Waals surface area contributed by atoms with Crippen LogP contribution in [0.2, 0.25) is 0 Å². The summed E-state index contributed by atoms with van der Waals surface area (Å²) in [7, 11) is 3.30. The maximum atomic E-state index is 12.7. The molecule has 5 rings (SSSR count). The summed E-state index contributed by atoms with van der Waals surface area (Å²) in [6.07, 6.45) is 6.67. The Balaban J connectivity index is 1.31. The number of fused-ring (bicyclic) bond motifs is 1. The van der Waals surface area contributed by atoms with Crippen LogP contribution < -0.4 is 30.5 Å². The number of anilines is 4. The monoisotopic (exact) mass is 522 g/mol. The van der Waals surface area contributed by atoms with Crippen molar-refractivity contribution in [1.82, 2.24) is 25.5 Å². The van der Waals surface area contributed by atoms with Crippen LogP contribution in [0.5, 0.6) is 5.75 Å². The number of hydrogen-bond acceptors (Lipinski definition) is 8. The first-order valence-corrected chi connectivity index (χ1v) is 13.1. The van der Waals surface area contributed by atoms with Crippen molar-refractivity contribution in [3.05, 3.63) is 30.0 Å². The second-order valence-corrected chi connectivity index (χ2v) is 9.75. The third-order valence-electron chi connectivity index (χ3n) is 7.41. The van der Waals surface area contributed by atoms with E-state index in [1.807, 2.05) is 0 Å². The minimum atomic E-state index is -0.254. The zero-order valence-electron chi connectivity index (χ0n) is 21.8. The van der Waals surface area contributed by atoms with Crippen molar-refractivity contribution in [1.29, 1.82) is 0 Å². The summed E-state index contributed by atoms with van der Waals surface area (Å²) in [6, 6.07) is 5.36. The van der Waals surface area contributed by atoms with Crippen molar-refractivity contribution in [3.63, 3.8) is 0 Å². The molecule has 202 valence electrons. The molecule has 1 saturated heterocycles. The molecule has 2 aromatic rings. The number of ether oxygens (including phenoxy) is 1. The molecule has 1 aromatic carbocycles. The lowest BCUT2D eigenvalue weighted by molar-refractivity contribution is -0.118. The second-order valence-electron chi connectivity index (χ2n) is 9.75. The minimum Gasteiger partial charge on any atom is -0.495 e. The number of carbonyl (C=O) groups is 3. The van der Waals surface area contributed by atoms with E-state index in [-0.39, 0.29) is 17.8 Å². The first-order valence-electron chi connectivity index (χ1n) is 13.1. The topological polar surface area (TPSA) is 132 Å².